The second kappa shape index (κ2) is 8.01. The second-order valence-corrected chi connectivity index (χ2v) is 8.05. The van der Waals surface area contributed by atoms with E-state index in [4.69, 9.17) is 4.74 Å². The number of nitrogens with zero attached hydrogens (tertiary/aromatic N) is 1. The van der Waals surface area contributed by atoms with E-state index < -0.39 is 0 Å². The van der Waals surface area contributed by atoms with E-state index in [1.54, 1.807) is 19.2 Å². The number of benzene rings is 1. The van der Waals surface area contributed by atoms with Gasteiger partial charge in [-0.15, -0.1) is 0 Å². The van der Waals surface area contributed by atoms with Gasteiger partial charge in [0.25, 0.3) is 0 Å². The first-order valence-electron chi connectivity index (χ1n) is 10.1. The third-order valence-electron chi connectivity index (χ3n) is 6.33. The normalized spacial score (nSPS) is 29.9. The molecule has 4 rings (SSSR count). The van der Waals surface area contributed by atoms with Crippen molar-refractivity contribution in [3.63, 3.8) is 0 Å². The van der Waals surface area contributed by atoms with Crippen LogP contribution in [-0.2, 0) is 16.1 Å². The van der Waals surface area contributed by atoms with Gasteiger partial charge in [0, 0.05) is 0 Å². The number of hydrogen-bond acceptors (Lipinski definition) is 3. The monoisotopic (exact) mass is 389 g/mol. The third kappa shape index (κ3) is 3.69. The molecule has 1 aromatic rings. The van der Waals surface area contributed by atoms with Crippen LogP contribution in [0.2, 0.25) is 0 Å². The second-order valence-electron chi connectivity index (χ2n) is 8.05. The van der Waals surface area contributed by atoms with Crippen molar-refractivity contribution in [1.29, 1.82) is 0 Å². The number of allylic oxidation sites excluding steroid dienone is 2. The number of piperazine rings is 1. The van der Waals surface area contributed by atoms with E-state index in [0.717, 1.165) is 31.7 Å². The summed E-state index contributed by atoms with van der Waals surface area (Å²) < 4.78 is 18.9. The lowest BCUT2D eigenvalue weighted by molar-refractivity contribution is -1.02. The summed E-state index contributed by atoms with van der Waals surface area (Å²) in [6.45, 7) is 4.79. The molecule has 0 radical (unpaired) electrons. The molecule has 7 heteroatoms. The number of carbonyl (C=O) groups is 2. The summed E-state index contributed by atoms with van der Waals surface area (Å²) in [5.74, 6) is 0.181. The number of rotatable bonds is 5. The van der Waals surface area contributed by atoms with Crippen molar-refractivity contribution in [1.82, 2.24) is 4.90 Å². The van der Waals surface area contributed by atoms with Gasteiger partial charge < -0.3 is 14.5 Å². The van der Waals surface area contributed by atoms with Crippen LogP contribution in [0, 0.1) is 17.7 Å². The zero-order valence-corrected chi connectivity index (χ0v) is 16.2. The predicted molar refractivity (Wildman–Crippen MR) is 100 cm³/mol. The highest BCUT2D eigenvalue weighted by Gasteiger charge is 2.48. The molecule has 28 heavy (non-hydrogen) atoms. The molecule has 0 unspecified atom stereocenters. The Balaban J connectivity index is 1.32. The van der Waals surface area contributed by atoms with Crippen molar-refractivity contribution in [2.24, 2.45) is 11.8 Å². The fourth-order valence-corrected chi connectivity index (χ4v) is 4.70. The number of methoxy groups -OCH3 is 1. The van der Waals surface area contributed by atoms with Gasteiger partial charge in [-0.05, 0) is 31.0 Å². The van der Waals surface area contributed by atoms with E-state index >= 15 is 0 Å². The summed E-state index contributed by atoms with van der Waals surface area (Å²) >= 11 is 0. The van der Waals surface area contributed by atoms with Crippen LogP contribution in [0.15, 0.2) is 30.4 Å². The van der Waals surface area contributed by atoms with E-state index in [1.807, 2.05) is 12.2 Å². The number of halogens is 1. The smallest absolute Gasteiger partial charge is 0.237 e. The van der Waals surface area contributed by atoms with Gasteiger partial charge in [0.1, 0.15) is 44.3 Å². The Bertz CT molecular complexity index is 763. The molecule has 2 N–H and O–H groups in total. The molecule has 0 spiro atoms. The van der Waals surface area contributed by atoms with Crippen LogP contribution in [-0.4, -0.2) is 56.7 Å². The van der Waals surface area contributed by atoms with Gasteiger partial charge in [-0.3, -0.25) is 9.59 Å². The van der Waals surface area contributed by atoms with Gasteiger partial charge in [0.05, 0.1) is 24.5 Å². The SMILES string of the molecule is COc1ccc(F)cc1C[NH+]1CC[NH+](CN2C(=O)[C@H]3CC=CC[C@@H]3C2=O)CC1. The van der Waals surface area contributed by atoms with Crippen LogP contribution < -0.4 is 14.5 Å². The first-order chi connectivity index (χ1) is 13.6. The highest BCUT2D eigenvalue weighted by atomic mass is 19.1. The summed E-state index contributed by atoms with van der Waals surface area (Å²) in [5, 5.41) is 0. The Morgan fingerprint density at radius 3 is 2.25 bits per heavy atom. The van der Waals surface area contributed by atoms with E-state index in [0.29, 0.717) is 31.8 Å². The number of hydrogen-bond donors (Lipinski definition) is 2. The van der Waals surface area contributed by atoms with Crippen LogP contribution in [0.1, 0.15) is 18.4 Å². The van der Waals surface area contributed by atoms with Crippen molar-refractivity contribution < 1.29 is 28.5 Å². The molecular formula is C21H28FN3O3+2. The number of amides is 2. The van der Waals surface area contributed by atoms with Gasteiger partial charge in [0.2, 0.25) is 11.8 Å². The average Bonchev–Trinajstić information content (AvgIpc) is 2.95. The maximum atomic E-state index is 13.6. The average molecular weight is 389 g/mol. The molecule has 0 bridgehead atoms. The number of quaternary nitrogens is 2. The van der Waals surface area contributed by atoms with Crippen LogP contribution >= 0.6 is 0 Å². The molecule has 0 saturated carbocycles. The predicted octanol–water partition coefficient (Wildman–Crippen LogP) is -0.974. The number of ether oxygens (including phenoxy) is 1. The number of likely N-dealkylation sites (tertiary alicyclic amines) is 1. The minimum Gasteiger partial charge on any atom is -0.496 e. The molecular weight excluding hydrogens is 361 g/mol. The molecule has 1 aromatic carbocycles. The lowest BCUT2D eigenvalue weighted by Gasteiger charge is -2.31. The Kier molecular flexibility index (Phi) is 5.46. The van der Waals surface area contributed by atoms with Crippen molar-refractivity contribution in [3.05, 3.63) is 41.7 Å². The number of imide groups is 1. The molecule has 3 aliphatic rings. The molecule has 2 fully saturated rings. The van der Waals surface area contributed by atoms with Crippen molar-refractivity contribution in [2.75, 3.05) is 40.0 Å². The molecule has 6 nitrogen and oxygen atoms in total. The highest BCUT2D eigenvalue weighted by molar-refractivity contribution is 6.05. The Labute approximate surface area is 164 Å². The van der Waals surface area contributed by atoms with E-state index in [-0.39, 0.29) is 29.5 Å². The minimum atomic E-state index is -0.249. The standard InChI is InChI=1S/C21H26FN3O3/c1-28-19-7-6-16(22)12-15(19)13-23-8-10-24(11-9-23)14-25-20(26)17-4-2-3-5-18(17)21(25)27/h2-3,6-7,12,17-18H,4-5,8-11,13-14H2,1H3/p+2/t17-,18-/m0/s1. The maximum Gasteiger partial charge on any atom is 0.237 e. The fraction of sp³-hybridized carbons (Fsp3) is 0.524. The zero-order chi connectivity index (χ0) is 19.7. The van der Waals surface area contributed by atoms with Crippen molar-refractivity contribution in [2.45, 2.75) is 19.4 Å². The molecule has 2 saturated heterocycles. The van der Waals surface area contributed by atoms with Gasteiger partial charge in [-0.1, -0.05) is 12.2 Å². The summed E-state index contributed by atoms with van der Waals surface area (Å²) in [5.41, 5.74) is 0.877. The van der Waals surface area contributed by atoms with Gasteiger partial charge >= 0.3 is 0 Å². The van der Waals surface area contributed by atoms with Crippen molar-refractivity contribution in [3.8, 4) is 5.75 Å². The van der Waals surface area contributed by atoms with E-state index in [2.05, 4.69) is 0 Å². The summed E-state index contributed by atoms with van der Waals surface area (Å²) in [7, 11) is 1.60. The Morgan fingerprint density at radius 1 is 1.04 bits per heavy atom. The lowest BCUT2D eigenvalue weighted by atomic mass is 9.85. The van der Waals surface area contributed by atoms with Crippen LogP contribution in [0.5, 0.6) is 5.75 Å². The van der Waals surface area contributed by atoms with Gasteiger partial charge in [-0.2, -0.15) is 0 Å². The van der Waals surface area contributed by atoms with Gasteiger partial charge in [0.15, 0.2) is 6.67 Å². The Hall–Kier alpha value is -2.25. The van der Waals surface area contributed by atoms with Gasteiger partial charge in [-0.25, -0.2) is 9.29 Å². The van der Waals surface area contributed by atoms with Crippen molar-refractivity contribution >= 4 is 11.8 Å². The molecule has 2 heterocycles. The number of fused-ring (bicyclic) bond motifs is 1. The fourth-order valence-electron chi connectivity index (χ4n) is 4.70. The lowest BCUT2D eigenvalue weighted by Crippen LogP contribution is -3.28. The van der Waals surface area contributed by atoms with E-state index in [1.165, 1.54) is 20.8 Å². The molecule has 2 aliphatic heterocycles. The van der Waals surface area contributed by atoms with Crippen LogP contribution in [0.4, 0.5) is 4.39 Å². The molecule has 150 valence electrons. The summed E-state index contributed by atoms with van der Waals surface area (Å²) in [6.07, 6.45) is 5.42. The third-order valence-corrected chi connectivity index (χ3v) is 6.33. The maximum absolute atomic E-state index is 13.6. The summed E-state index contributed by atoms with van der Waals surface area (Å²) in [4.78, 5) is 29.4. The number of carbonyl (C=O) groups excluding carboxylic acids is 2. The minimum absolute atomic E-state index is 0.00567. The molecule has 1 aliphatic carbocycles. The topological polar surface area (TPSA) is 55.5 Å². The van der Waals surface area contributed by atoms with E-state index in [9.17, 15) is 14.0 Å². The first-order valence-corrected chi connectivity index (χ1v) is 10.1. The largest absolute Gasteiger partial charge is 0.496 e. The van der Waals surface area contributed by atoms with Crippen LogP contribution in [0.3, 0.4) is 0 Å². The Morgan fingerprint density at radius 2 is 1.64 bits per heavy atom. The molecule has 2 atom stereocenters. The quantitative estimate of drug-likeness (QED) is 0.503. The first kappa shape index (κ1) is 19.1. The van der Waals surface area contributed by atoms with Crippen LogP contribution in [0.25, 0.3) is 0 Å². The molecule has 2 amide bonds. The summed E-state index contributed by atoms with van der Waals surface area (Å²) in [6, 6.07) is 4.63. The molecule has 0 aromatic heterocycles. The highest BCUT2D eigenvalue weighted by Crippen LogP contribution is 2.34. The number of nitrogens with one attached hydrogen (secondary N) is 2. The zero-order valence-electron chi connectivity index (χ0n) is 16.2.